The van der Waals surface area contributed by atoms with E-state index in [1.54, 1.807) is 18.6 Å². The van der Waals surface area contributed by atoms with Crippen molar-refractivity contribution in [1.29, 1.82) is 0 Å². The third-order valence-electron chi connectivity index (χ3n) is 2.91. The molecule has 0 spiro atoms. The zero-order valence-electron chi connectivity index (χ0n) is 11.3. The molecule has 106 valence electrons. The zero-order valence-corrected chi connectivity index (χ0v) is 12.9. The van der Waals surface area contributed by atoms with Crippen LogP contribution in [0.1, 0.15) is 25.3 Å². The van der Waals surface area contributed by atoms with Gasteiger partial charge in [0.15, 0.2) is 0 Å². The van der Waals surface area contributed by atoms with Gasteiger partial charge in [0.25, 0.3) is 5.56 Å². The van der Waals surface area contributed by atoms with E-state index in [0.29, 0.717) is 23.2 Å². The van der Waals surface area contributed by atoms with Crippen LogP contribution < -0.4 is 10.9 Å². The number of hydrogen-bond acceptors (Lipinski definition) is 4. The predicted molar refractivity (Wildman–Crippen MR) is 82.7 cm³/mol. The van der Waals surface area contributed by atoms with Crippen LogP contribution in [0.3, 0.4) is 0 Å². The maximum atomic E-state index is 12.1. The van der Waals surface area contributed by atoms with Crippen molar-refractivity contribution < 1.29 is 0 Å². The largest absolute Gasteiger partial charge is 0.379 e. The molecule has 0 unspecified atom stereocenters. The molecule has 2 aromatic rings. The number of pyridine rings is 1. The second-order valence-electron chi connectivity index (χ2n) is 4.47. The van der Waals surface area contributed by atoms with Crippen LogP contribution in [0, 0.1) is 0 Å². The summed E-state index contributed by atoms with van der Waals surface area (Å²) in [7, 11) is 0. The maximum absolute atomic E-state index is 12.1. The van der Waals surface area contributed by atoms with Crippen molar-refractivity contribution in [2.24, 2.45) is 0 Å². The third-order valence-corrected chi connectivity index (χ3v) is 3.68. The number of anilines is 1. The summed E-state index contributed by atoms with van der Waals surface area (Å²) < 4.78 is 2.01. The van der Waals surface area contributed by atoms with E-state index < -0.39 is 0 Å². The molecule has 0 aliphatic rings. The van der Waals surface area contributed by atoms with Crippen molar-refractivity contribution in [3.05, 3.63) is 51.1 Å². The summed E-state index contributed by atoms with van der Waals surface area (Å²) in [5, 5.41) is 7.38. The topological polar surface area (TPSA) is 59.8 Å². The van der Waals surface area contributed by atoms with E-state index in [1.165, 1.54) is 4.68 Å². The number of rotatable bonds is 6. The minimum Gasteiger partial charge on any atom is -0.379 e. The van der Waals surface area contributed by atoms with E-state index in [2.05, 4.69) is 38.3 Å². The van der Waals surface area contributed by atoms with Crippen molar-refractivity contribution in [3.63, 3.8) is 0 Å². The molecular formula is C14H17BrN4O. The van der Waals surface area contributed by atoms with Gasteiger partial charge in [0, 0.05) is 25.5 Å². The molecule has 20 heavy (non-hydrogen) atoms. The molecule has 2 rings (SSSR count). The average Bonchev–Trinajstić information content (AvgIpc) is 2.49. The molecule has 0 saturated carbocycles. The van der Waals surface area contributed by atoms with Crippen LogP contribution in [0.4, 0.5) is 5.69 Å². The molecule has 2 aromatic heterocycles. The summed E-state index contributed by atoms with van der Waals surface area (Å²) >= 11 is 3.35. The summed E-state index contributed by atoms with van der Waals surface area (Å²) in [6, 6.07) is 3.86. The standard InChI is InChI=1S/C14H17BrN4O/c1-2-3-7-19-14(20)13(15)12(10-18-19)17-9-11-5-4-6-16-8-11/h4-6,8,10,17H,2-3,7,9H2,1H3. The monoisotopic (exact) mass is 336 g/mol. The highest BCUT2D eigenvalue weighted by molar-refractivity contribution is 9.10. The SMILES string of the molecule is CCCCn1ncc(NCc2cccnc2)c(Br)c1=O. The van der Waals surface area contributed by atoms with Gasteiger partial charge in [0.2, 0.25) is 0 Å². The fourth-order valence-corrected chi connectivity index (χ4v) is 2.20. The van der Waals surface area contributed by atoms with Crippen LogP contribution >= 0.6 is 15.9 Å². The van der Waals surface area contributed by atoms with Gasteiger partial charge < -0.3 is 5.32 Å². The first-order valence-electron chi connectivity index (χ1n) is 6.60. The molecule has 0 saturated heterocycles. The Labute approximate surface area is 126 Å². The Morgan fingerprint density at radius 3 is 2.95 bits per heavy atom. The highest BCUT2D eigenvalue weighted by atomic mass is 79.9. The van der Waals surface area contributed by atoms with Gasteiger partial charge in [0.1, 0.15) is 4.47 Å². The lowest BCUT2D eigenvalue weighted by Crippen LogP contribution is -2.24. The van der Waals surface area contributed by atoms with Crippen LogP contribution in [0.15, 0.2) is 40.0 Å². The third kappa shape index (κ3) is 3.66. The van der Waals surface area contributed by atoms with E-state index in [-0.39, 0.29) is 5.56 Å². The molecule has 0 bridgehead atoms. The van der Waals surface area contributed by atoms with Crippen LogP contribution in [0.25, 0.3) is 0 Å². The number of unbranched alkanes of at least 4 members (excludes halogenated alkanes) is 1. The second-order valence-corrected chi connectivity index (χ2v) is 5.26. The Bertz CT molecular complexity index is 612. The van der Waals surface area contributed by atoms with Crippen molar-refractivity contribution in [3.8, 4) is 0 Å². The number of nitrogens with one attached hydrogen (secondary N) is 1. The Kier molecular flexibility index (Phi) is 5.29. The van der Waals surface area contributed by atoms with Crippen molar-refractivity contribution >= 4 is 21.6 Å². The van der Waals surface area contributed by atoms with E-state index in [4.69, 9.17) is 0 Å². The molecule has 6 heteroatoms. The van der Waals surface area contributed by atoms with Crippen molar-refractivity contribution in [2.75, 3.05) is 5.32 Å². The smallest absolute Gasteiger partial charge is 0.283 e. The van der Waals surface area contributed by atoms with Gasteiger partial charge >= 0.3 is 0 Å². The average molecular weight is 337 g/mol. The van der Waals surface area contributed by atoms with Gasteiger partial charge in [0.05, 0.1) is 11.9 Å². The van der Waals surface area contributed by atoms with Crippen LogP contribution in [0.5, 0.6) is 0 Å². The first-order valence-corrected chi connectivity index (χ1v) is 7.40. The highest BCUT2D eigenvalue weighted by Gasteiger charge is 2.08. The number of hydrogen-bond donors (Lipinski definition) is 1. The van der Waals surface area contributed by atoms with E-state index in [0.717, 1.165) is 18.4 Å². The summed E-state index contributed by atoms with van der Waals surface area (Å²) in [5.74, 6) is 0. The summed E-state index contributed by atoms with van der Waals surface area (Å²) in [5.41, 5.74) is 1.65. The number of aryl methyl sites for hydroxylation is 1. The molecule has 0 aliphatic carbocycles. The molecule has 0 atom stereocenters. The fourth-order valence-electron chi connectivity index (χ4n) is 1.76. The van der Waals surface area contributed by atoms with Crippen LogP contribution in [-0.2, 0) is 13.1 Å². The highest BCUT2D eigenvalue weighted by Crippen LogP contribution is 2.17. The second kappa shape index (κ2) is 7.19. The maximum Gasteiger partial charge on any atom is 0.283 e. The van der Waals surface area contributed by atoms with Gasteiger partial charge in [-0.2, -0.15) is 5.10 Å². The Balaban J connectivity index is 2.09. The summed E-state index contributed by atoms with van der Waals surface area (Å²) in [6.45, 7) is 3.34. The normalized spacial score (nSPS) is 10.5. The molecule has 0 aromatic carbocycles. The molecule has 0 radical (unpaired) electrons. The van der Waals surface area contributed by atoms with Crippen LogP contribution in [-0.4, -0.2) is 14.8 Å². The van der Waals surface area contributed by atoms with Gasteiger partial charge in [-0.25, -0.2) is 4.68 Å². The van der Waals surface area contributed by atoms with E-state index >= 15 is 0 Å². The first-order chi connectivity index (χ1) is 9.72. The number of nitrogens with zero attached hydrogens (tertiary/aromatic N) is 3. The first kappa shape index (κ1) is 14.7. The number of halogens is 1. The van der Waals surface area contributed by atoms with Gasteiger partial charge in [-0.05, 0) is 34.0 Å². The lowest BCUT2D eigenvalue weighted by atomic mass is 10.3. The predicted octanol–water partition coefficient (Wildman–Crippen LogP) is 2.81. The van der Waals surface area contributed by atoms with E-state index in [1.807, 2.05) is 12.1 Å². The summed E-state index contributed by atoms with van der Waals surface area (Å²) in [4.78, 5) is 16.2. The van der Waals surface area contributed by atoms with Gasteiger partial charge in [-0.15, -0.1) is 0 Å². The van der Waals surface area contributed by atoms with Crippen LogP contribution in [0.2, 0.25) is 0 Å². The Morgan fingerprint density at radius 2 is 2.25 bits per heavy atom. The minimum atomic E-state index is -0.102. The zero-order chi connectivity index (χ0) is 14.4. The lowest BCUT2D eigenvalue weighted by molar-refractivity contribution is 0.541. The van der Waals surface area contributed by atoms with Gasteiger partial charge in [-0.1, -0.05) is 19.4 Å². The molecular weight excluding hydrogens is 320 g/mol. The lowest BCUT2D eigenvalue weighted by Gasteiger charge is -2.10. The Hall–Kier alpha value is -1.69. The molecule has 2 heterocycles. The molecule has 0 aliphatic heterocycles. The quantitative estimate of drug-likeness (QED) is 0.881. The molecule has 1 N–H and O–H groups in total. The molecule has 5 nitrogen and oxygen atoms in total. The fraction of sp³-hybridized carbons (Fsp3) is 0.357. The molecule has 0 amide bonds. The Morgan fingerprint density at radius 1 is 1.40 bits per heavy atom. The van der Waals surface area contributed by atoms with Gasteiger partial charge in [-0.3, -0.25) is 9.78 Å². The van der Waals surface area contributed by atoms with E-state index in [9.17, 15) is 4.79 Å². The summed E-state index contributed by atoms with van der Waals surface area (Å²) in [6.07, 6.45) is 7.18. The van der Waals surface area contributed by atoms with Crippen molar-refractivity contribution in [1.82, 2.24) is 14.8 Å². The van der Waals surface area contributed by atoms with Crippen molar-refractivity contribution in [2.45, 2.75) is 32.9 Å². The molecule has 0 fully saturated rings. The minimum absolute atomic E-state index is 0.102. The number of aromatic nitrogens is 3.